The maximum Gasteiger partial charge on any atom is 0.305 e. The second-order valence-electron chi connectivity index (χ2n) is 7.78. The highest BCUT2D eigenvalue weighted by Crippen LogP contribution is 2.25. The minimum absolute atomic E-state index is 0.0314. The van der Waals surface area contributed by atoms with E-state index in [9.17, 15) is 9.59 Å². The number of amides is 1. The molecule has 0 aliphatic carbocycles. The van der Waals surface area contributed by atoms with Gasteiger partial charge in [0.25, 0.3) is 5.91 Å². The van der Waals surface area contributed by atoms with E-state index in [0.29, 0.717) is 78.0 Å². The number of pyridine rings is 1. The Balaban J connectivity index is 1.54. The number of aliphatic carboxylic acids is 1. The third kappa shape index (κ3) is 10.5. The van der Waals surface area contributed by atoms with Crippen molar-refractivity contribution >= 4 is 35.4 Å². The van der Waals surface area contributed by atoms with Crippen LogP contribution in [0.25, 0.3) is 22.5 Å². The average molecular weight is 575 g/mol. The average Bonchev–Trinajstić information content (AvgIpc) is 2.97. The number of nitrogens with zero attached hydrogens (tertiary/aromatic N) is 5. The normalized spacial score (nSPS) is 10.9. The summed E-state index contributed by atoms with van der Waals surface area (Å²) in [5.41, 5.74) is 2.89. The Morgan fingerprint density at radius 2 is 1.23 bits per heavy atom. The maximum absolute atomic E-state index is 13.0. The predicted molar refractivity (Wildman–Crippen MR) is 147 cm³/mol. The van der Waals surface area contributed by atoms with Crippen LogP contribution in [0.2, 0.25) is 0 Å². The first-order valence-electron chi connectivity index (χ1n) is 12.0. The van der Waals surface area contributed by atoms with E-state index in [4.69, 9.17) is 24.3 Å². The van der Waals surface area contributed by atoms with Gasteiger partial charge in [-0.1, -0.05) is 23.5 Å². The van der Waals surface area contributed by atoms with Crippen LogP contribution >= 0.6 is 23.5 Å². The number of aromatic nitrogens is 5. The lowest BCUT2D eigenvalue weighted by Gasteiger charge is -2.11. The molecule has 0 saturated heterocycles. The molecule has 2 N–H and O–H groups in total. The molecule has 0 unspecified atom stereocenters. The predicted octanol–water partition coefficient (Wildman–Crippen LogP) is 2.69. The van der Waals surface area contributed by atoms with E-state index >= 15 is 0 Å². The fourth-order valence-electron chi connectivity index (χ4n) is 3.11. The third-order valence-electron chi connectivity index (χ3n) is 5.04. The molecule has 0 aromatic carbocycles. The molecule has 3 aromatic rings. The number of nitrogens with one attached hydrogen (secondary N) is 1. The van der Waals surface area contributed by atoms with Crippen molar-refractivity contribution in [2.24, 2.45) is 0 Å². The van der Waals surface area contributed by atoms with Gasteiger partial charge in [0, 0.05) is 48.0 Å². The Hall–Kier alpha value is -3.17. The lowest BCUT2D eigenvalue weighted by molar-refractivity contribution is -0.138. The number of carbonyl (C=O) groups excluding carboxylic acids is 1. The molecule has 0 atom stereocenters. The zero-order valence-electron chi connectivity index (χ0n) is 21.7. The van der Waals surface area contributed by atoms with Crippen molar-refractivity contribution in [3.63, 3.8) is 0 Å². The van der Waals surface area contributed by atoms with Crippen LogP contribution in [-0.2, 0) is 19.0 Å². The second kappa shape index (κ2) is 16.7. The van der Waals surface area contributed by atoms with Crippen molar-refractivity contribution in [1.29, 1.82) is 0 Å². The van der Waals surface area contributed by atoms with E-state index in [2.05, 4.69) is 25.3 Å². The molecule has 208 valence electrons. The fraction of sp³-hybridized carbons (Fsp3) is 0.400. The molecule has 3 aromatic heterocycles. The van der Waals surface area contributed by atoms with E-state index in [-0.39, 0.29) is 18.9 Å². The van der Waals surface area contributed by atoms with Crippen LogP contribution in [0.1, 0.15) is 16.8 Å². The third-order valence-corrected chi connectivity index (χ3v) is 6.19. The van der Waals surface area contributed by atoms with E-state index in [1.54, 1.807) is 36.9 Å². The van der Waals surface area contributed by atoms with Gasteiger partial charge in [0.1, 0.15) is 0 Å². The van der Waals surface area contributed by atoms with Gasteiger partial charge in [0.15, 0.2) is 10.3 Å². The molecule has 0 aliphatic rings. The van der Waals surface area contributed by atoms with E-state index in [0.717, 1.165) is 0 Å². The van der Waals surface area contributed by atoms with Gasteiger partial charge in [0.2, 0.25) is 0 Å². The largest absolute Gasteiger partial charge is 0.481 e. The summed E-state index contributed by atoms with van der Waals surface area (Å²) in [6, 6.07) is 3.39. The van der Waals surface area contributed by atoms with Crippen LogP contribution in [0, 0.1) is 0 Å². The number of thioether (sulfide) groups is 2. The van der Waals surface area contributed by atoms with E-state index < -0.39 is 5.97 Å². The highest BCUT2D eigenvalue weighted by molar-refractivity contribution is 7.98. The number of ether oxygens (including phenoxy) is 3. The molecule has 1 amide bonds. The molecule has 0 radical (unpaired) electrons. The van der Waals surface area contributed by atoms with Gasteiger partial charge in [0.05, 0.1) is 57.4 Å². The van der Waals surface area contributed by atoms with Crippen molar-refractivity contribution in [3.8, 4) is 22.5 Å². The van der Waals surface area contributed by atoms with Gasteiger partial charge >= 0.3 is 5.97 Å². The quantitative estimate of drug-likeness (QED) is 0.138. The zero-order valence-corrected chi connectivity index (χ0v) is 23.3. The molecule has 0 aliphatic heterocycles. The Kier molecular flexibility index (Phi) is 13.0. The minimum Gasteiger partial charge on any atom is -0.481 e. The molecule has 0 spiro atoms. The topological polar surface area (TPSA) is 159 Å². The van der Waals surface area contributed by atoms with Crippen molar-refractivity contribution in [2.75, 3.05) is 58.7 Å². The highest BCUT2D eigenvalue weighted by atomic mass is 32.2. The summed E-state index contributed by atoms with van der Waals surface area (Å²) in [5.74, 6) is -1.17. The molecule has 0 fully saturated rings. The molecule has 3 rings (SSSR count). The van der Waals surface area contributed by atoms with Crippen LogP contribution in [-0.4, -0.2) is 101 Å². The van der Waals surface area contributed by atoms with Crippen LogP contribution in [0.3, 0.4) is 0 Å². The lowest BCUT2D eigenvalue weighted by Crippen LogP contribution is -2.28. The number of rotatable bonds is 17. The van der Waals surface area contributed by atoms with Gasteiger partial charge in [-0.2, -0.15) is 0 Å². The van der Waals surface area contributed by atoms with Crippen molar-refractivity contribution in [1.82, 2.24) is 30.2 Å². The number of carbonyl (C=O) groups is 2. The molecular formula is C25H30N6O6S2. The highest BCUT2D eigenvalue weighted by Gasteiger charge is 2.14. The van der Waals surface area contributed by atoms with Gasteiger partial charge in [-0.25, -0.2) is 24.9 Å². The number of carboxylic acids is 1. The number of hydrogen-bond donors (Lipinski definition) is 2. The van der Waals surface area contributed by atoms with Crippen LogP contribution < -0.4 is 5.32 Å². The summed E-state index contributed by atoms with van der Waals surface area (Å²) in [6.07, 6.45) is 10.5. The molecule has 14 heteroatoms. The van der Waals surface area contributed by atoms with Crippen molar-refractivity contribution in [3.05, 3.63) is 42.5 Å². The Bertz CT molecular complexity index is 1130. The summed E-state index contributed by atoms with van der Waals surface area (Å²) < 4.78 is 16.0. The SMILES string of the molecule is CSc1ncc(-c2cc(C(=O)NCCOCCOCCOCCC(=O)O)cc(-c3cnc(SC)nc3)n2)cn1. The fourth-order valence-corrected chi connectivity index (χ4v) is 3.74. The summed E-state index contributed by atoms with van der Waals surface area (Å²) >= 11 is 2.88. The summed E-state index contributed by atoms with van der Waals surface area (Å²) in [6.45, 7) is 2.16. The Morgan fingerprint density at radius 3 is 1.69 bits per heavy atom. The van der Waals surface area contributed by atoms with Crippen molar-refractivity contribution < 1.29 is 28.9 Å². The standard InChI is InChI=1S/C25H30N6O6S2/c1-38-24-27-13-18(14-28-24)20-11-17(12-21(31-20)19-15-29-25(39-2)30-16-19)23(34)26-4-6-36-8-10-37-9-7-35-5-3-22(32)33/h11-16H,3-10H2,1-2H3,(H,26,34)(H,32,33). The first-order valence-corrected chi connectivity index (χ1v) is 14.4. The summed E-state index contributed by atoms with van der Waals surface area (Å²) in [5, 5.41) is 12.7. The molecular weight excluding hydrogens is 544 g/mol. The van der Waals surface area contributed by atoms with Crippen LogP contribution in [0.5, 0.6) is 0 Å². The monoisotopic (exact) mass is 574 g/mol. The number of hydrogen-bond acceptors (Lipinski definition) is 12. The van der Waals surface area contributed by atoms with Gasteiger partial charge in [-0.05, 0) is 24.6 Å². The smallest absolute Gasteiger partial charge is 0.305 e. The van der Waals surface area contributed by atoms with Gasteiger partial charge in [-0.15, -0.1) is 0 Å². The van der Waals surface area contributed by atoms with Gasteiger partial charge < -0.3 is 24.6 Å². The molecule has 0 bridgehead atoms. The van der Waals surface area contributed by atoms with Crippen LogP contribution in [0.4, 0.5) is 0 Å². The van der Waals surface area contributed by atoms with E-state index in [1.807, 2.05) is 12.5 Å². The number of carboxylic acid groups (broad SMARTS) is 1. The second-order valence-corrected chi connectivity index (χ2v) is 9.33. The molecule has 12 nitrogen and oxygen atoms in total. The Labute approximate surface area is 234 Å². The zero-order chi connectivity index (χ0) is 27.9. The lowest BCUT2D eigenvalue weighted by atomic mass is 10.1. The minimum atomic E-state index is -0.896. The first-order chi connectivity index (χ1) is 19.0. The molecule has 39 heavy (non-hydrogen) atoms. The van der Waals surface area contributed by atoms with Crippen LogP contribution in [0.15, 0.2) is 47.2 Å². The summed E-state index contributed by atoms with van der Waals surface area (Å²) in [7, 11) is 0. The van der Waals surface area contributed by atoms with Gasteiger partial charge in [-0.3, -0.25) is 9.59 Å². The van der Waals surface area contributed by atoms with Crippen molar-refractivity contribution in [2.45, 2.75) is 16.7 Å². The molecule has 0 saturated carbocycles. The maximum atomic E-state index is 13.0. The molecule has 3 heterocycles. The van der Waals surface area contributed by atoms with E-state index in [1.165, 1.54) is 23.5 Å². The Morgan fingerprint density at radius 1 is 0.769 bits per heavy atom. The first kappa shape index (κ1) is 30.4. The summed E-state index contributed by atoms with van der Waals surface area (Å²) in [4.78, 5) is 45.4.